The van der Waals surface area contributed by atoms with E-state index in [1.165, 1.54) is 18.2 Å². The number of aryl methyl sites for hydroxylation is 2. The third-order valence-corrected chi connectivity index (χ3v) is 5.66. The molecule has 1 unspecified atom stereocenters. The van der Waals surface area contributed by atoms with Gasteiger partial charge in [0.05, 0.1) is 19.3 Å². The highest BCUT2D eigenvalue weighted by atomic mass is 19.1. The number of carbonyl (C=O) groups is 1. The van der Waals surface area contributed by atoms with E-state index in [0.717, 1.165) is 5.56 Å². The standard InChI is InChI=1S/C24H26F2N4O3/c1-16-13-18(5-6-20(16)26)24-28-23(33-29-24)8-7-22(31)27-15-21(30-9-11-32-12-10-30)17-3-2-4-19(25)14-17/h2-6,13-14,21H,7-12,15H2,1H3,(H,27,31). The van der Waals surface area contributed by atoms with Crippen LogP contribution in [0.4, 0.5) is 8.78 Å². The first-order valence-electron chi connectivity index (χ1n) is 10.9. The van der Waals surface area contributed by atoms with Crippen LogP contribution in [0.25, 0.3) is 11.4 Å². The van der Waals surface area contributed by atoms with Crippen molar-refractivity contribution in [3.63, 3.8) is 0 Å². The molecule has 2 aromatic carbocycles. The van der Waals surface area contributed by atoms with E-state index in [1.807, 2.05) is 6.07 Å². The zero-order valence-corrected chi connectivity index (χ0v) is 18.4. The molecular weight excluding hydrogens is 430 g/mol. The second kappa shape index (κ2) is 10.6. The van der Waals surface area contributed by atoms with E-state index in [4.69, 9.17) is 9.26 Å². The van der Waals surface area contributed by atoms with Gasteiger partial charge in [-0.05, 0) is 48.4 Å². The number of halogens is 2. The van der Waals surface area contributed by atoms with Crippen LogP contribution >= 0.6 is 0 Å². The summed E-state index contributed by atoms with van der Waals surface area (Å²) < 4.78 is 37.9. The van der Waals surface area contributed by atoms with Gasteiger partial charge < -0.3 is 14.6 Å². The van der Waals surface area contributed by atoms with Gasteiger partial charge in [0.15, 0.2) is 0 Å². The molecule has 9 heteroatoms. The highest BCUT2D eigenvalue weighted by Crippen LogP contribution is 2.22. The number of nitrogens with zero attached hydrogens (tertiary/aromatic N) is 3. The summed E-state index contributed by atoms with van der Waals surface area (Å²) in [7, 11) is 0. The number of morpholine rings is 1. The number of hydrogen-bond acceptors (Lipinski definition) is 6. The van der Waals surface area contributed by atoms with Crippen molar-refractivity contribution in [3.05, 3.63) is 71.1 Å². The van der Waals surface area contributed by atoms with Crippen molar-refractivity contribution >= 4 is 5.91 Å². The van der Waals surface area contributed by atoms with Gasteiger partial charge in [0.2, 0.25) is 17.6 Å². The van der Waals surface area contributed by atoms with Crippen LogP contribution in [-0.4, -0.2) is 53.8 Å². The molecular formula is C24H26F2N4O3. The molecule has 0 bridgehead atoms. The monoisotopic (exact) mass is 456 g/mol. The first kappa shape index (κ1) is 23.0. The lowest BCUT2D eigenvalue weighted by atomic mass is 10.0. The van der Waals surface area contributed by atoms with Crippen molar-refractivity contribution in [1.82, 2.24) is 20.4 Å². The number of hydrogen-bond donors (Lipinski definition) is 1. The number of amides is 1. The molecule has 1 amide bonds. The molecule has 174 valence electrons. The van der Waals surface area contributed by atoms with Gasteiger partial charge in [-0.2, -0.15) is 4.98 Å². The smallest absolute Gasteiger partial charge is 0.227 e. The predicted molar refractivity (Wildman–Crippen MR) is 117 cm³/mol. The molecule has 0 saturated carbocycles. The fourth-order valence-electron chi connectivity index (χ4n) is 3.84. The van der Waals surface area contributed by atoms with E-state index in [0.29, 0.717) is 55.7 Å². The van der Waals surface area contributed by atoms with Crippen molar-refractivity contribution in [2.24, 2.45) is 0 Å². The van der Waals surface area contributed by atoms with Crippen molar-refractivity contribution in [2.45, 2.75) is 25.8 Å². The van der Waals surface area contributed by atoms with E-state index in [-0.39, 0.29) is 36.4 Å². The number of ether oxygens (including phenoxy) is 1. The van der Waals surface area contributed by atoms with Gasteiger partial charge in [-0.15, -0.1) is 0 Å². The van der Waals surface area contributed by atoms with Crippen LogP contribution in [0.1, 0.15) is 29.5 Å². The average molecular weight is 456 g/mol. The summed E-state index contributed by atoms with van der Waals surface area (Å²) in [4.78, 5) is 19.0. The quantitative estimate of drug-likeness (QED) is 0.559. The molecule has 1 aliphatic rings. The second-order valence-electron chi connectivity index (χ2n) is 8.00. The summed E-state index contributed by atoms with van der Waals surface area (Å²) >= 11 is 0. The molecule has 1 saturated heterocycles. The fourth-order valence-corrected chi connectivity index (χ4v) is 3.84. The Morgan fingerprint density at radius 3 is 2.76 bits per heavy atom. The Kier molecular flexibility index (Phi) is 7.41. The third-order valence-electron chi connectivity index (χ3n) is 5.66. The molecule has 0 aliphatic carbocycles. The van der Waals surface area contributed by atoms with Crippen LogP contribution < -0.4 is 5.32 Å². The summed E-state index contributed by atoms with van der Waals surface area (Å²) in [5.41, 5.74) is 1.96. The minimum Gasteiger partial charge on any atom is -0.379 e. The topological polar surface area (TPSA) is 80.5 Å². The number of nitrogens with one attached hydrogen (secondary N) is 1. The van der Waals surface area contributed by atoms with Gasteiger partial charge >= 0.3 is 0 Å². The van der Waals surface area contributed by atoms with Gasteiger partial charge in [-0.3, -0.25) is 9.69 Å². The Morgan fingerprint density at radius 2 is 2.00 bits per heavy atom. The molecule has 3 aromatic rings. The molecule has 1 aromatic heterocycles. The lowest BCUT2D eigenvalue weighted by Crippen LogP contribution is -2.43. The Hall–Kier alpha value is -3.17. The van der Waals surface area contributed by atoms with Gasteiger partial charge in [0.1, 0.15) is 11.6 Å². The zero-order valence-electron chi connectivity index (χ0n) is 18.4. The van der Waals surface area contributed by atoms with Crippen LogP contribution in [0, 0.1) is 18.6 Å². The van der Waals surface area contributed by atoms with Crippen LogP contribution in [0.5, 0.6) is 0 Å². The lowest BCUT2D eigenvalue weighted by Gasteiger charge is -2.35. The maximum absolute atomic E-state index is 13.8. The van der Waals surface area contributed by atoms with Crippen molar-refractivity contribution in [2.75, 3.05) is 32.8 Å². The molecule has 0 radical (unpaired) electrons. The maximum atomic E-state index is 13.8. The van der Waals surface area contributed by atoms with E-state index < -0.39 is 0 Å². The summed E-state index contributed by atoms with van der Waals surface area (Å²) in [5, 5.41) is 6.87. The largest absolute Gasteiger partial charge is 0.379 e. The SMILES string of the molecule is Cc1cc(-c2noc(CCC(=O)NCC(c3cccc(F)c3)N3CCOCC3)n2)ccc1F. The molecule has 4 rings (SSSR count). The van der Waals surface area contributed by atoms with Crippen molar-refractivity contribution in [3.8, 4) is 11.4 Å². The molecule has 1 atom stereocenters. The average Bonchev–Trinajstić information content (AvgIpc) is 3.29. The second-order valence-corrected chi connectivity index (χ2v) is 8.00. The molecule has 1 aliphatic heterocycles. The van der Waals surface area contributed by atoms with Gasteiger partial charge in [0.25, 0.3) is 0 Å². The van der Waals surface area contributed by atoms with Crippen molar-refractivity contribution < 1.29 is 22.8 Å². The maximum Gasteiger partial charge on any atom is 0.227 e. The summed E-state index contributed by atoms with van der Waals surface area (Å²) in [6.07, 6.45) is 0.449. The molecule has 33 heavy (non-hydrogen) atoms. The van der Waals surface area contributed by atoms with E-state index in [1.54, 1.807) is 25.1 Å². The molecule has 1 fully saturated rings. The van der Waals surface area contributed by atoms with Crippen LogP contribution in [0.2, 0.25) is 0 Å². The molecule has 7 nitrogen and oxygen atoms in total. The van der Waals surface area contributed by atoms with Crippen LogP contribution in [0.15, 0.2) is 47.0 Å². The minimum atomic E-state index is -0.305. The third kappa shape index (κ3) is 6.00. The van der Waals surface area contributed by atoms with E-state index in [2.05, 4.69) is 20.4 Å². The lowest BCUT2D eigenvalue weighted by molar-refractivity contribution is -0.121. The fraction of sp³-hybridized carbons (Fsp3) is 0.375. The molecule has 1 N–H and O–H groups in total. The highest BCUT2D eigenvalue weighted by molar-refractivity contribution is 5.76. The first-order valence-corrected chi connectivity index (χ1v) is 10.9. The summed E-state index contributed by atoms with van der Waals surface area (Å²) in [6, 6.07) is 10.9. The predicted octanol–water partition coefficient (Wildman–Crippen LogP) is 3.45. The molecule has 2 heterocycles. The Balaban J connectivity index is 1.34. The minimum absolute atomic E-state index is 0.148. The summed E-state index contributed by atoms with van der Waals surface area (Å²) in [6.45, 7) is 4.65. The Morgan fingerprint density at radius 1 is 1.18 bits per heavy atom. The van der Waals surface area contributed by atoms with Gasteiger partial charge in [0, 0.05) is 38.0 Å². The first-order chi connectivity index (χ1) is 16.0. The van der Waals surface area contributed by atoms with Crippen LogP contribution in [-0.2, 0) is 16.0 Å². The van der Waals surface area contributed by atoms with Crippen LogP contribution in [0.3, 0.4) is 0 Å². The zero-order chi connectivity index (χ0) is 23.2. The normalized spacial score (nSPS) is 15.4. The van der Waals surface area contributed by atoms with E-state index in [9.17, 15) is 13.6 Å². The number of carbonyl (C=O) groups excluding carboxylic acids is 1. The van der Waals surface area contributed by atoms with Crippen molar-refractivity contribution in [1.29, 1.82) is 0 Å². The highest BCUT2D eigenvalue weighted by Gasteiger charge is 2.23. The number of benzene rings is 2. The van der Waals surface area contributed by atoms with Gasteiger partial charge in [-0.1, -0.05) is 17.3 Å². The molecule has 0 spiro atoms. The summed E-state index contributed by atoms with van der Waals surface area (Å²) in [5.74, 6) is -0.0839. The van der Waals surface area contributed by atoms with E-state index >= 15 is 0 Å². The number of aromatic nitrogens is 2. The Labute approximate surface area is 190 Å². The Bertz CT molecular complexity index is 1100. The number of rotatable bonds is 8. The van der Waals surface area contributed by atoms with Gasteiger partial charge in [-0.25, -0.2) is 8.78 Å².